The summed E-state index contributed by atoms with van der Waals surface area (Å²) in [7, 11) is -4.36. The van der Waals surface area contributed by atoms with Gasteiger partial charge >= 0.3 is 6.18 Å². The van der Waals surface area contributed by atoms with Crippen molar-refractivity contribution in [2.24, 2.45) is 11.1 Å². The van der Waals surface area contributed by atoms with E-state index in [9.17, 15) is 21.6 Å². The fourth-order valence-electron chi connectivity index (χ4n) is 1.38. The zero-order valence-electron chi connectivity index (χ0n) is 11.5. The van der Waals surface area contributed by atoms with Crippen LogP contribution >= 0.6 is 0 Å². The number of nitrogens with one attached hydrogen (secondary N) is 2. The average molecular weight is 323 g/mol. The molecule has 1 aromatic rings. The lowest BCUT2D eigenvalue weighted by molar-refractivity contribution is -0.139. The quantitative estimate of drug-likeness (QED) is 0.571. The molecule has 0 spiro atoms. The van der Waals surface area contributed by atoms with Crippen LogP contribution in [0.2, 0.25) is 0 Å². The number of rotatable bonds is 5. The Morgan fingerprint density at radius 2 is 1.81 bits per heavy atom. The molecule has 0 aliphatic rings. The van der Waals surface area contributed by atoms with E-state index in [4.69, 9.17) is 11.1 Å². The van der Waals surface area contributed by atoms with E-state index in [0.717, 1.165) is 12.1 Å². The van der Waals surface area contributed by atoms with Crippen LogP contribution < -0.4 is 10.5 Å². The SMILES string of the molecule is CC(C)(CNS(=O)(=O)c1ccccc1C(F)(F)F)C(=N)N. The lowest BCUT2D eigenvalue weighted by atomic mass is 9.93. The second-order valence-electron chi connectivity index (χ2n) is 5.12. The molecule has 0 atom stereocenters. The minimum Gasteiger partial charge on any atom is -0.387 e. The maximum absolute atomic E-state index is 12.8. The maximum atomic E-state index is 12.8. The van der Waals surface area contributed by atoms with Gasteiger partial charge in [-0.1, -0.05) is 26.0 Å². The molecule has 0 fully saturated rings. The van der Waals surface area contributed by atoms with Gasteiger partial charge in [-0.05, 0) is 12.1 Å². The van der Waals surface area contributed by atoms with Gasteiger partial charge in [0.2, 0.25) is 10.0 Å². The lowest BCUT2D eigenvalue weighted by Gasteiger charge is -2.23. The molecule has 118 valence electrons. The first kappa shape index (κ1) is 17.4. The molecule has 0 heterocycles. The first-order chi connectivity index (χ1) is 9.38. The van der Waals surface area contributed by atoms with Crippen molar-refractivity contribution in [2.75, 3.05) is 6.54 Å². The van der Waals surface area contributed by atoms with Crippen molar-refractivity contribution in [3.05, 3.63) is 29.8 Å². The van der Waals surface area contributed by atoms with Crippen molar-refractivity contribution in [3.8, 4) is 0 Å². The maximum Gasteiger partial charge on any atom is 0.417 e. The molecule has 0 saturated carbocycles. The summed E-state index contributed by atoms with van der Waals surface area (Å²) in [5, 5.41) is 7.31. The van der Waals surface area contributed by atoms with Crippen LogP contribution in [-0.4, -0.2) is 20.8 Å². The number of hydrogen-bond donors (Lipinski definition) is 3. The number of nitrogens with two attached hydrogens (primary N) is 1. The van der Waals surface area contributed by atoms with Gasteiger partial charge in [0, 0.05) is 12.0 Å². The third-order valence-corrected chi connectivity index (χ3v) is 4.37. The normalized spacial score (nSPS) is 13.2. The zero-order valence-corrected chi connectivity index (χ0v) is 12.3. The number of halogens is 3. The first-order valence-electron chi connectivity index (χ1n) is 5.88. The van der Waals surface area contributed by atoms with Gasteiger partial charge in [0.1, 0.15) is 0 Å². The van der Waals surface area contributed by atoms with E-state index in [2.05, 4.69) is 4.72 Å². The van der Waals surface area contributed by atoms with Crippen LogP contribution in [-0.2, 0) is 16.2 Å². The van der Waals surface area contributed by atoms with Crippen molar-refractivity contribution in [1.29, 1.82) is 5.41 Å². The van der Waals surface area contributed by atoms with Crippen LogP contribution in [0.25, 0.3) is 0 Å². The van der Waals surface area contributed by atoms with E-state index < -0.39 is 32.1 Å². The minimum absolute atomic E-state index is 0.269. The predicted octanol–water partition coefficient (Wildman–Crippen LogP) is 1.95. The summed E-state index contributed by atoms with van der Waals surface area (Å²) < 4.78 is 64.7. The highest BCUT2D eigenvalue weighted by atomic mass is 32.2. The van der Waals surface area contributed by atoms with E-state index in [-0.39, 0.29) is 12.4 Å². The second-order valence-corrected chi connectivity index (χ2v) is 6.85. The van der Waals surface area contributed by atoms with Crippen molar-refractivity contribution < 1.29 is 21.6 Å². The zero-order chi connectivity index (χ0) is 16.5. The summed E-state index contributed by atoms with van der Waals surface area (Å²) in [5.41, 5.74) is 3.07. The van der Waals surface area contributed by atoms with E-state index >= 15 is 0 Å². The van der Waals surface area contributed by atoms with Crippen LogP contribution in [0.1, 0.15) is 19.4 Å². The van der Waals surface area contributed by atoms with Crippen molar-refractivity contribution in [1.82, 2.24) is 4.72 Å². The molecule has 1 aromatic carbocycles. The van der Waals surface area contributed by atoms with Gasteiger partial charge in [-0.2, -0.15) is 13.2 Å². The smallest absolute Gasteiger partial charge is 0.387 e. The summed E-state index contributed by atoms with van der Waals surface area (Å²) in [4.78, 5) is -0.850. The lowest BCUT2D eigenvalue weighted by Crippen LogP contribution is -2.42. The van der Waals surface area contributed by atoms with E-state index in [0.29, 0.717) is 6.07 Å². The minimum atomic E-state index is -4.78. The molecule has 0 bridgehead atoms. The number of benzene rings is 1. The van der Waals surface area contributed by atoms with E-state index in [1.165, 1.54) is 19.9 Å². The highest BCUT2D eigenvalue weighted by Gasteiger charge is 2.37. The third-order valence-electron chi connectivity index (χ3n) is 2.92. The van der Waals surface area contributed by atoms with Crippen molar-refractivity contribution >= 4 is 15.9 Å². The highest BCUT2D eigenvalue weighted by molar-refractivity contribution is 7.89. The molecule has 0 aliphatic heterocycles. The molecule has 0 saturated heterocycles. The summed E-state index contributed by atoms with van der Waals surface area (Å²) in [6.07, 6.45) is -4.78. The van der Waals surface area contributed by atoms with Gasteiger partial charge < -0.3 is 5.73 Å². The van der Waals surface area contributed by atoms with E-state index in [1.807, 2.05) is 0 Å². The largest absolute Gasteiger partial charge is 0.417 e. The average Bonchev–Trinajstić information content (AvgIpc) is 2.35. The molecule has 4 N–H and O–H groups in total. The predicted molar refractivity (Wildman–Crippen MR) is 72.3 cm³/mol. The van der Waals surface area contributed by atoms with Crippen LogP contribution in [0.3, 0.4) is 0 Å². The van der Waals surface area contributed by atoms with Crippen LogP contribution in [0.5, 0.6) is 0 Å². The van der Waals surface area contributed by atoms with E-state index in [1.54, 1.807) is 0 Å². The van der Waals surface area contributed by atoms with Crippen LogP contribution in [0, 0.1) is 10.8 Å². The fraction of sp³-hybridized carbons (Fsp3) is 0.417. The molecule has 0 aromatic heterocycles. The summed E-state index contributed by atoms with van der Waals surface area (Å²) in [5.74, 6) is -0.269. The third kappa shape index (κ3) is 4.18. The summed E-state index contributed by atoms with van der Waals surface area (Å²) >= 11 is 0. The van der Waals surface area contributed by atoms with Crippen molar-refractivity contribution in [2.45, 2.75) is 24.9 Å². The topological polar surface area (TPSA) is 96.0 Å². The molecular formula is C12H16F3N3O2S. The van der Waals surface area contributed by atoms with Crippen LogP contribution in [0.15, 0.2) is 29.2 Å². The highest BCUT2D eigenvalue weighted by Crippen LogP contribution is 2.33. The van der Waals surface area contributed by atoms with Crippen molar-refractivity contribution in [3.63, 3.8) is 0 Å². The Balaban J connectivity index is 3.14. The Morgan fingerprint density at radius 1 is 1.29 bits per heavy atom. The Kier molecular flexibility index (Phi) is 4.69. The molecule has 0 aliphatic carbocycles. The summed E-state index contributed by atoms with van der Waals surface area (Å²) in [6, 6.07) is 3.90. The number of amidine groups is 1. The Morgan fingerprint density at radius 3 is 2.29 bits per heavy atom. The molecule has 1 rings (SSSR count). The van der Waals surface area contributed by atoms with Gasteiger partial charge in [0.15, 0.2) is 0 Å². The molecule has 0 unspecified atom stereocenters. The second kappa shape index (κ2) is 5.64. The van der Waals surface area contributed by atoms with Gasteiger partial charge in [0.25, 0.3) is 0 Å². The Hall–Kier alpha value is -1.61. The molecule has 0 amide bonds. The van der Waals surface area contributed by atoms with Gasteiger partial charge in [-0.25, -0.2) is 13.1 Å². The molecular weight excluding hydrogens is 307 g/mol. The molecule has 5 nitrogen and oxygen atoms in total. The fourth-order valence-corrected chi connectivity index (χ4v) is 2.82. The molecule has 9 heteroatoms. The molecule has 0 radical (unpaired) electrons. The van der Waals surface area contributed by atoms with Crippen LogP contribution in [0.4, 0.5) is 13.2 Å². The van der Waals surface area contributed by atoms with Gasteiger partial charge in [-0.3, -0.25) is 5.41 Å². The van der Waals surface area contributed by atoms with Gasteiger partial charge in [-0.15, -0.1) is 0 Å². The Bertz CT molecular complexity index is 639. The number of sulfonamides is 1. The molecule has 21 heavy (non-hydrogen) atoms. The standard InChI is InChI=1S/C12H16F3N3O2S/c1-11(2,10(16)17)7-18-21(19,20)9-6-4-3-5-8(9)12(13,14)15/h3-6,18H,7H2,1-2H3,(H3,16,17). The number of hydrogen-bond acceptors (Lipinski definition) is 3. The number of alkyl halides is 3. The Labute approximate surface area is 120 Å². The monoisotopic (exact) mass is 323 g/mol. The first-order valence-corrected chi connectivity index (χ1v) is 7.36. The van der Waals surface area contributed by atoms with Gasteiger partial charge in [0.05, 0.1) is 16.3 Å². The summed E-state index contributed by atoms with van der Waals surface area (Å²) in [6.45, 7) is 2.73.